The van der Waals surface area contributed by atoms with Crippen LogP contribution in [0.5, 0.6) is 0 Å². The molecule has 7 heteroatoms. The van der Waals surface area contributed by atoms with E-state index in [4.69, 9.17) is 8.83 Å². The maximum Gasteiger partial charge on any atom is 0.216 e. The van der Waals surface area contributed by atoms with Crippen LogP contribution < -0.4 is 10.6 Å². The minimum atomic E-state index is 0.366. The molecule has 0 bridgehead atoms. The number of nitrogens with zero attached hydrogens (tertiary/aromatic N) is 3. The Balaban J connectivity index is 1.61. The second-order valence-electron chi connectivity index (χ2n) is 5.78. The first-order chi connectivity index (χ1) is 12.7. The van der Waals surface area contributed by atoms with Crippen molar-refractivity contribution >= 4 is 5.96 Å². The molecule has 0 unspecified atom stereocenters. The molecule has 0 spiro atoms. The Morgan fingerprint density at radius 1 is 1.08 bits per heavy atom. The highest BCUT2D eigenvalue weighted by atomic mass is 16.4. The van der Waals surface area contributed by atoms with Crippen molar-refractivity contribution in [3.8, 4) is 11.3 Å². The fourth-order valence-electron chi connectivity index (χ4n) is 2.38. The van der Waals surface area contributed by atoms with Gasteiger partial charge in [-0.3, -0.25) is 0 Å². The van der Waals surface area contributed by atoms with Crippen molar-refractivity contribution in [1.29, 1.82) is 0 Å². The Morgan fingerprint density at radius 2 is 1.88 bits per heavy atom. The van der Waals surface area contributed by atoms with Crippen LogP contribution in [0.4, 0.5) is 0 Å². The summed E-state index contributed by atoms with van der Waals surface area (Å²) in [5.74, 6) is 3.41. The Labute approximate surface area is 152 Å². The van der Waals surface area contributed by atoms with Crippen LogP contribution >= 0.6 is 0 Å². The second kappa shape index (κ2) is 8.33. The number of guanidine groups is 1. The second-order valence-corrected chi connectivity index (χ2v) is 5.78. The quantitative estimate of drug-likeness (QED) is 0.523. The zero-order valence-electron chi connectivity index (χ0n) is 15.2. The highest BCUT2D eigenvalue weighted by Crippen LogP contribution is 2.19. The molecule has 0 radical (unpaired) electrons. The van der Waals surface area contributed by atoms with E-state index in [1.54, 1.807) is 6.20 Å². The van der Waals surface area contributed by atoms with Gasteiger partial charge in [0.15, 0.2) is 11.7 Å². The van der Waals surface area contributed by atoms with Gasteiger partial charge in [0.2, 0.25) is 11.8 Å². The van der Waals surface area contributed by atoms with Crippen LogP contribution in [0.3, 0.4) is 0 Å². The molecular weight excluding hydrogens is 330 g/mol. The number of aromatic nitrogens is 2. The van der Waals surface area contributed by atoms with E-state index >= 15 is 0 Å². The summed E-state index contributed by atoms with van der Waals surface area (Å²) in [4.78, 5) is 13.1. The lowest BCUT2D eigenvalue weighted by Crippen LogP contribution is -2.36. The van der Waals surface area contributed by atoms with Gasteiger partial charge in [-0.2, -0.15) is 0 Å². The predicted octanol–water partition coefficient (Wildman–Crippen LogP) is 3.20. The van der Waals surface area contributed by atoms with Gasteiger partial charge in [0, 0.05) is 12.1 Å². The van der Waals surface area contributed by atoms with Gasteiger partial charge in [0.1, 0.15) is 12.3 Å². The number of oxazole rings is 2. The van der Waals surface area contributed by atoms with Crippen LogP contribution in [0.25, 0.3) is 11.3 Å². The topological polar surface area (TPSA) is 88.5 Å². The smallest absolute Gasteiger partial charge is 0.216 e. The molecule has 0 aliphatic carbocycles. The van der Waals surface area contributed by atoms with E-state index in [0.29, 0.717) is 30.8 Å². The van der Waals surface area contributed by atoms with E-state index in [9.17, 15) is 0 Å². The van der Waals surface area contributed by atoms with E-state index in [0.717, 1.165) is 29.3 Å². The van der Waals surface area contributed by atoms with Gasteiger partial charge >= 0.3 is 0 Å². The van der Waals surface area contributed by atoms with Crippen molar-refractivity contribution in [2.24, 2.45) is 4.99 Å². The summed E-state index contributed by atoms with van der Waals surface area (Å²) in [7, 11) is 0. The number of hydrogen-bond acceptors (Lipinski definition) is 5. The van der Waals surface area contributed by atoms with Crippen molar-refractivity contribution < 1.29 is 8.83 Å². The molecule has 0 fully saturated rings. The van der Waals surface area contributed by atoms with Gasteiger partial charge in [-0.05, 0) is 20.8 Å². The molecule has 2 N–H and O–H groups in total. The number of hydrogen-bond donors (Lipinski definition) is 2. The molecule has 3 aromatic rings. The lowest BCUT2D eigenvalue weighted by Gasteiger charge is -2.09. The van der Waals surface area contributed by atoms with Crippen LogP contribution in [-0.2, 0) is 13.1 Å². The van der Waals surface area contributed by atoms with Gasteiger partial charge < -0.3 is 19.5 Å². The lowest BCUT2D eigenvalue weighted by molar-refractivity contribution is 0.472. The third-order valence-electron chi connectivity index (χ3n) is 3.81. The number of nitrogens with one attached hydrogen (secondary N) is 2. The van der Waals surface area contributed by atoms with Crippen LogP contribution in [-0.4, -0.2) is 22.5 Å². The van der Waals surface area contributed by atoms with Gasteiger partial charge in [-0.1, -0.05) is 30.3 Å². The monoisotopic (exact) mass is 353 g/mol. The number of aliphatic imine (C=N–C) groups is 1. The number of rotatable bonds is 6. The molecule has 0 aliphatic heterocycles. The maximum atomic E-state index is 5.79. The normalized spacial score (nSPS) is 11.6. The average Bonchev–Trinajstić information content (AvgIpc) is 3.25. The largest absolute Gasteiger partial charge is 0.444 e. The van der Waals surface area contributed by atoms with Crippen LogP contribution in [0.1, 0.15) is 30.2 Å². The minimum absolute atomic E-state index is 0.366. The van der Waals surface area contributed by atoms with Gasteiger partial charge in [-0.15, -0.1) is 0 Å². The predicted molar refractivity (Wildman–Crippen MR) is 99.6 cm³/mol. The third kappa shape index (κ3) is 4.50. The molecule has 0 saturated heterocycles. The molecule has 0 amide bonds. The molecule has 2 aromatic heterocycles. The molecule has 2 heterocycles. The summed E-state index contributed by atoms with van der Waals surface area (Å²) >= 11 is 0. The summed E-state index contributed by atoms with van der Waals surface area (Å²) in [6.07, 6.45) is 1.73. The standard InChI is InChI=1S/C19H23N5O2/c1-4-20-19(23-12-18-24-13(2)14(3)25-18)22-11-17-21-10-16(26-17)15-8-6-5-7-9-15/h5-10H,4,11-12H2,1-3H3,(H2,20,22,23). The van der Waals surface area contributed by atoms with Crippen molar-refractivity contribution in [3.05, 3.63) is 59.8 Å². The average molecular weight is 353 g/mol. The van der Waals surface area contributed by atoms with E-state index in [2.05, 4.69) is 25.6 Å². The molecule has 3 rings (SSSR count). The minimum Gasteiger partial charge on any atom is -0.444 e. The molecular formula is C19H23N5O2. The Hall–Kier alpha value is -3.09. The third-order valence-corrected chi connectivity index (χ3v) is 3.81. The molecule has 26 heavy (non-hydrogen) atoms. The van der Waals surface area contributed by atoms with Crippen molar-refractivity contribution in [2.45, 2.75) is 33.9 Å². The first kappa shape index (κ1) is 17.7. The zero-order valence-corrected chi connectivity index (χ0v) is 15.2. The zero-order chi connectivity index (χ0) is 18.4. The van der Waals surface area contributed by atoms with Gasteiger partial charge in [0.25, 0.3) is 0 Å². The Bertz CT molecular complexity index is 848. The molecule has 0 aliphatic rings. The molecule has 0 saturated carbocycles. The van der Waals surface area contributed by atoms with Crippen molar-refractivity contribution in [2.75, 3.05) is 6.54 Å². The highest BCUT2D eigenvalue weighted by Gasteiger charge is 2.08. The van der Waals surface area contributed by atoms with Crippen LogP contribution in [0.2, 0.25) is 0 Å². The SMILES string of the molecule is CCNC(=NCc1nc(C)c(C)o1)NCc1ncc(-c2ccccc2)o1. The van der Waals surface area contributed by atoms with E-state index in [1.165, 1.54) is 0 Å². The Morgan fingerprint density at radius 3 is 2.58 bits per heavy atom. The summed E-state index contributed by atoms with van der Waals surface area (Å²) in [5.41, 5.74) is 1.89. The summed E-state index contributed by atoms with van der Waals surface area (Å²) < 4.78 is 11.3. The number of aryl methyl sites for hydroxylation is 2. The van der Waals surface area contributed by atoms with Crippen LogP contribution in [0, 0.1) is 13.8 Å². The first-order valence-corrected chi connectivity index (χ1v) is 8.61. The van der Waals surface area contributed by atoms with Crippen molar-refractivity contribution in [3.63, 3.8) is 0 Å². The summed E-state index contributed by atoms with van der Waals surface area (Å²) in [6.45, 7) is 7.37. The van der Waals surface area contributed by atoms with E-state index in [-0.39, 0.29) is 0 Å². The molecule has 136 valence electrons. The number of benzene rings is 1. The maximum absolute atomic E-state index is 5.79. The fraction of sp³-hybridized carbons (Fsp3) is 0.316. The van der Waals surface area contributed by atoms with Gasteiger partial charge in [-0.25, -0.2) is 15.0 Å². The lowest BCUT2D eigenvalue weighted by atomic mass is 10.2. The van der Waals surface area contributed by atoms with E-state index < -0.39 is 0 Å². The Kier molecular flexibility index (Phi) is 5.68. The summed E-state index contributed by atoms with van der Waals surface area (Å²) in [5, 5.41) is 6.39. The molecule has 1 aromatic carbocycles. The van der Waals surface area contributed by atoms with Crippen LogP contribution in [0.15, 0.2) is 50.4 Å². The van der Waals surface area contributed by atoms with Gasteiger partial charge in [0.05, 0.1) is 18.4 Å². The first-order valence-electron chi connectivity index (χ1n) is 8.61. The summed E-state index contributed by atoms with van der Waals surface area (Å²) in [6, 6.07) is 9.89. The molecule has 7 nitrogen and oxygen atoms in total. The molecule has 0 atom stereocenters. The van der Waals surface area contributed by atoms with Crippen molar-refractivity contribution in [1.82, 2.24) is 20.6 Å². The van der Waals surface area contributed by atoms with E-state index in [1.807, 2.05) is 51.1 Å². The highest BCUT2D eigenvalue weighted by molar-refractivity contribution is 5.79. The fourth-order valence-corrected chi connectivity index (χ4v) is 2.38.